The zero-order valence-electron chi connectivity index (χ0n) is 21.6. The molecule has 38 heavy (non-hydrogen) atoms. The first-order valence-electron chi connectivity index (χ1n) is 12.8. The predicted molar refractivity (Wildman–Crippen MR) is 147 cm³/mol. The summed E-state index contributed by atoms with van der Waals surface area (Å²) in [6.45, 7) is 2.59. The molecule has 2 amide bonds. The number of unbranched alkanes of at least 4 members (excludes halogenated alkanes) is 2. The van der Waals surface area contributed by atoms with Crippen molar-refractivity contribution in [3.8, 4) is 11.3 Å². The summed E-state index contributed by atoms with van der Waals surface area (Å²) < 4.78 is 20.0. The zero-order chi connectivity index (χ0) is 27.1. The number of halogens is 1. The number of aryl methyl sites for hydroxylation is 1. The fourth-order valence-electron chi connectivity index (χ4n) is 4.45. The summed E-state index contributed by atoms with van der Waals surface area (Å²) >= 11 is 0. The van der Waals surface area contributed by atoms with Crippen LogP contribution in [0.2, 0.25) is 0 Å². The number of hydrogen-bond donors (Lipinski definition) is 1. The monoisotopic (exact) mass is 514 g/mol. The lowest BCUT2D eigenvalue weighted by Crippen LogP contribution is -2.28. The minimum Gasteiger partial charge on any atom is -0.455 e. The topological polar surface area (TPSA) is 79.6 Å². The number of para-hydroxylation sites is 1. The van der Waals surface area contributed by atoms with Crippen molar-refractivity contribution in [2.45, 2.75) is 39.0 Å². The van der Waals surface area contributed by atoms with Gasteiger partial charge in [-0.1, -0.05) is 38.0 Å². The highest BCUT2D eigenvalue weighted by Gasteiger charge is 2.29. The van der Waals surface area contributed by atoms with Gasteiger partial charge in [0.2, 0.25) is 0 Å². The van der Waals surface area contributed by atoms with Crippen LogP contribution in [0.1, 0.15) is 58.9 Å². The van der Waals surface area contributed by atoms with Crippen molar-refractivity contribution < 1.29 is 23.2 Å². The Kier molecular flexibility index (Phi) is 8.69. The first-order valence-corrected chi connectivity index (χ1v) is 12.8. The van der Waals surface area contributed by atoms with E-state index in [9.17, 15) is 18.8 Å². The molecule has 0 fully saturated rings. The van der Waals surface area contributed by atoms with Gasteiger partial charge < -0.3 is 19.4 Å². The number of rotatable bonds is 11. The van der Waals surface area contributed by atoms with E-state index in [2.05, 4.69) is 12.2 Å². The summed E-state index contributed by atoms with van der Waals surface area (Å²) in [5.41, 5.74) is 2.82. The SMILES string of the molecule is CCCCCNC(=O)c1cc(CCC=O)cc2oc(-c3ccc(F)cc3)c(C(=O)N(C)c3ccccc3)c12. The lowest BCUT2D eigenvalue weighted by Gasteiger charge is -2.18. The highest BCUT2D eigenvalue weighted by molar-refractivity contribution is 6.21. The number of nitrogens with one attached hydrogen (secondary N) is 1. The van der Waals surface area contributed by atoms with Crippen LogP contribution in [0.5, 0.6) is 0 Å². The van der Waals surface area contributed by atoms with Crippen LogP contribution in [0, 0.1) is 5.82 Å². The average molecular weight is 515 g/mol. The fraction of sp³-hybridized carbons (Fsp3) is 0.258. The van der Waals surface area contributed by atoms with Gasteiger partial charge in [0.1, 0.15) is 23.4 Å². The van der Waals surface area contributed by atoms with Gasteiger partial charge in [0, 0.05) is 36.7 Å². The quantitative estimate of drug-likeness (QED) is 0.181. The Bertz CT molecular complexity index is 1430. The van der Waals surface area contributed by atoms with Gasteiger partial charge in [-0.2, -0.15) is 0 Å². The molecule has 0 aliphatic carbocycles. The number of benzene rings is 3. The lowest BCUT2D eigenvalue weighted by atomic mass is 9.97. The summed E-state index contributed by atoms with van der Waals surface area (Å²) in [5.74, 6) is -0.848. The van der Waals surface area contributed by atoms with E-state index in [1.54, 1.807) is 31.3 Å². The van der Waals surface area contributed by atoms with Gasteiger partial charge in [0.15, 0.2) is 0 Å². The number of carbonyl (C=O) groups is 3. The Morgan fingerprint density at radius 1 is 1.03 bits per heavy atom. The maximum atomic E-state index is 14.0. The van der Waals surface area contributed by atoms with Gasteiger partial charge in [0.25, 0.3) is 11.8 Å². The van der Waals surface area contributed by atoms with E-state index in [1.165, 1.54) is 17.0 Å². The molecular formula is C31H31FN2O4. The highest BCUT2D eigenvalue weighted by Crippen LogP contribution is 2.38. The standard InChI is InChI=1S/C31H31FN2O4/c1-3-4-8-17-33-30(36)25-19-21(10-9-18-35)20-26-27(25)28(29(38-26)22-13-15-23(32)16-14-22)31(37)34(2)24-11-6-5-7-12-24/h5-7,11-16,18-20H,3-4,8-10,17H2,1-2H3,(H,33,36). The van der Waals surface area contributed by atoms with Crippen LogP contribution in [-0.4, -0.2) is 31.7 Å². The Balaban J connectivity index is 1.92. The third-order valence-corrected chi connectivity index (χ3v) is 6.48. The van der Waals surface area contributed by atoms with E-state index in [-0.39, 0.29) is 29.6 Å². The van der Waals surface area contributed by atoms with E-state index in [1.807, 2.05) is 30.3 Å². The molecule has 4 rings (SSSR count). The van der Waals surface area contributed by atoms with Crippen molar-refractivity contribution in [3.05, 3.63) is 89.2 Å². The minimum absolute atomic E-state index is 0.221. The molecule has 7 heteroatoms. The second-order valence-electron chi connectivity index (χ2n) is 9.20. The van der Waals surface area contributed by atoms with Crippen LogP contribution in [0.25, 0.3) is 22.3 Å². The van der Waals surface area contributed by atoms with Gasteiger partial charge in [-0.3, -0.25) is 9.59 Å². The van der Waals surface area contributed by atoms with Crippen LogP contribution in [0.3, 0.4) is 0 Å². The van der Waals surface area contributed by atoms with Gasteiger partial charge in [-0.05, 0) is 66.9 Å². The molecule has 6 nitrogen and oxygen atoms in total. The second kappa shape index (κ2) is 12.3. The molecule has 196 valence electrons. The fourth-order valence-corrected chi connectivity index (χ4v) is 4.45. The summed E-state index contributed by atoms with van der Waals surface area (Å²) in [4.78, 5) is 40.0. The maximum absolute atomic E-state index is 14.0. The number of anilines is 1. The summed E-state index contributed by atoms with van der Waals surface area (Å²) in [6, 6.07) is 18.3. The largest absolute Gasteiger partial charge is 0.455 e. The molecule has 0 unspecified atom stereocenters. The molecule has 3 aromatic carbocycles. The molecule has 0 radical (unpaired) electrons. The van der Waals surface area contributed by atoms with Crippen molar-refractivity contribution in [2.24, 2.45) is 0 Å². The molecule has 0 spiro atoms. The number of amides is 2. The number of fused-ring (bicyclic) bond motifs is 1. The number of aldehydes is 1. The molecule has 0 saturated carbocycles. The molecule has 0 aliphatic heterocycles. The van der Waals surface area contributed by atoms with E-state index in [4.69, 9.17) is 4.42 Å². The zero-order valence-corrected chi connectivity index (χ0v) is 21.6. The van der Waals surface area contributed by atoms with Crippen molar-refractivity contribution in [1.82, 2.24) is 5.32 Å². The van der Waals surface area contributed by atoms with Gasteiger partial charge in [-0.15, -0.1) is 0 Å². The smallest absolute Gasteiger partial charge is 0.262 e. The maximum Gasteiger partial charge on any atom is 0.262 e. The molecule has 1 N–H and O–H groups in total. The van der Waals surface area contributed by atoms with Crippen molar-refractivity contribution in [1.29, 1.82) is 0 Å². The van der Waals surface area contributed by atoms with Gasteiger partial charge in [0.05, 0.1) is 11.1 Å². The number of furan rings is 1. The summed E-state index contributed by atoms with van der Waals surface area (Å²) in [7, 11) is 1.66. The third-order valence-electron chi connectivity index (χ3n) is 6.48. The van der Waals surface area contributed by atoms with Crippen molar-refractivity contribution >= 4 is 34.8 Å². The van der Waals surface area contributed by atoms with Crippen molar-refractivity contribution in [2.75, 3.05) is 18.5 Å². The summed E-state index contributed by atoms with van der Waals surface area (Å²) in [6.07, 6.45) is 4.39. The molecule has 1 aromatic heterocycles. The van der Waals surface area contributed by atoms with Crippen LogP contribution in [-0.2, 0) is 11.2 Å². The molecule has 1 heterocycles. The van der Waals surface area contributed by atoms with E-state index in [0.29, 0.717) is 40.7 Å². The number of hydrogen-bond acceptors (Lipinski definition) is 4. The van der Waals surface area contributed by atoms with E-state index in [0.717, 1.165) is 31.1 Å². The normalized spacial score (nSPS) is 10.9. The number of carbonyl (C=O) groups excluding carboxylic acids is 3. The molecular weight excluding hydrogens is 483 g/mol. The predicted octanol–water partition coefficient (Wildman–Crippen LogP) is 6.57. The van der Waals surface area contributed by atoms with Gasteiger partial charge in [-0.25, -0.2) is 4.39 Å². The van der Waals surface area contributed by atoms with Crippen molar-refractivity contribution in [3.63, 3.8) is 0 Å². The highest BCUT2D eigenvalue weighted by atomic mass is 19.1. The Labute approximate surface area is 221 Å². The third kappa shape index (κ3) is 5.83. The van der Waals surface area contributed by atoms with E-state index < -0.39 is 5.82 Å². The van der Waals surface area contributed by atoms with Crippen LogP contribution in [0.4, 0.5) is 10.1 Å². The second-order valence-corrected chi connectivity index (χ2v) is 9.20. The Morgan fingerprint density at radius 2 is 1.76 bits per heavy atom. The first kappa shape index (κ1) is 26.8. The average Bonchev–Trinajstić information content (AvgIpc) is 3.33. The van der Waals surface area contributed by atoms with Crippen LogP contribution in [0.15, 0.2) is 71.1 Å². The molecule has 0 bridgehead atoms. The lowest BCUT2D eigenvalue weighted by molar-refractivity contribution is -0.107. The van der Waals surface area contributed by atoms with Crippen LogP contribution < -0.4 is 10.2 Å². The minimum atomic E-state index is -0.414. The van der Waals surface area contributed by atoms with Crippen LogP contribution >= 0.6 is 0 Å². The van der Waals surface area contributed by atoms with E-state index >= 15 is 0 Å². The Morgan fingerprint density at radius 3 is 2.45 bits per heavy atom. The van der Waals surface area contributed by atoms with Gasteiger partial charge >= 0.3 is 0 Å². The molecule has 0 atom stereocenters. The summed E-state index contributed by atoms with van der Waals surface area (Å²) in [5, 5.41) is 3.36. The first-order chi connectivity index (χ1) is 18.4. The molecule has 4 aromatic rings. The molecule has 0 aliphatic rings. The number of nitrogens with zero attached hydrogens (tertiary/aromatic N) is 1. The molecule has 0 saturated heterocycles. The Hall–Kier alpha value is -4.26.